The lowest BCUT2D eigenvalue weighted by Gasteiger charge is -2.01. The normalized spacial score (nSPS) is 11.4. The van der Waals surface area contributed by atoms with Crippen molar-refractivity contribution < 1.29 is 8.42 Å². The summed E-state index contributed by atoms with van der Waals surface area (Å²) in [5.41, 5.74) is 1.28. The zero-order valence-corrected chi connectivity index (χ0v) is 10.4. The number of benzene rings is 1. The molecule has 0 unspecified atom stereocenters. The zero-order valence-electron chi connectivity index (χ0n) is 8.83. The van der Waals surface area contributed by atoms with Crippen molar-refractivity contribution in [2.75, 3.05) is 6.26 Å². The van der Waals surface area contributed by atoms with E-state index in [2.05, 4.69) is 15.2 Å². The standard InChI is InChI=1S/C10H8ClN3O2S/c1-17(15,16)8-4-2-7(3-5-8)9-6-12-14-10(11)13-9/h2-6H,1H3. The van der Waals surface area contributed by atoms with E-state index in [1.54, 1.807) is 12.1 Å². The second-order valence-corrected chi connectivity index (χ2v) is 5.76. The smallest absolute Gasteiger partial charge is 0.224 e. The highest BCUT2D eigenvalue weighted by Gasteiger charge is 2.07. The van der Waals surface area contributed by atoms with Crippen LogP contribution in [-0.2, 0) is 9.84 Å². The van der Waals surface area contributed by atoms with Crippen LogP contribution in [0.3, 0.4) is 0 Å². The maximum Gasteiger partial charge on any atom is 0.243 e. The molecule has 0 aliphatic carbocycles. The van der Waals surface area contributed by atoms with Gasteiger partial charge in [-0.25, -0.2) is 13.4 Å². The van der Waals surface area contributed by atoms with Crippen LogP contribution in [0.4, 0.5) is 0 Å². The molecule has 0 N–H and O–H groups in total. The molecule has 88 valence electrons. The highest BCUT2D eigenvalue weighted by atomic mass is 35.5. The van der Waals surface area contributed by atoms with Crippen LogP contribution in [0.15, 0.2) is 35.4 Å². The molecular formula is C10H8ClN3O2S. The molecule has 5 nitrogen and oxygen atoms in total. The summed E-state index contributed by atoms with van der Waals surface area (Å²) in [4.78, 5) is 4.24. The molecule has 0 fully saturated rings. The van der Waals surface area contributed by atoms with Crippen molar-refractivity contribution in [3.8, 4) is 11.3 Å². The van der Waals surface area contributed by atoms with Gasteiger partial charge in [-0.15, -0.1) is 5.10 Å². The lowest BCUT2D eigenvalue weighted by atomic mass is 10.2. The van der Waals surface area contributed by atoms with Crippen LogP contribution in [0.1, 0.15) is 0 Å². The highest BCUT2D eigenvalue weighted by Crippen LogP contribution is 2.19. The lowest BCUT2D eigenvalue weighted by Crippen LogP contribution is -1.96. The molecule has 0 saturated carbocycles. The third kappa shape index (κ3) is 2.78. The van der Waals surface area contributed by atoms with E-state index < -0.39 is 9.84 Å². The Kier molecular flexibility index (Phi) is 3.08. The minimum absolute atomic E-state index is 0.0506. The van der Waals surface area contributed by atoms with Gasteiger partial charge in [-0.3, -0.25) is 0 Å². The maximum absolute atomic E-state index is 11.3. The molecule has 1 aromatic heterocycles. The maximum atomic E-state index is 11.3. The Labute approximate surface area is 103 Å². The second kappa shape index (κ2) is 4.38. The second-order valence-electron chi connectivity index (χ2n) is 3.41. The number of hydrogen-bond donors (Lipinski definition) is 0. The first kappa shape index (κ1) is 11.9. The van der Waals surface area contributed by atoms with Gasteiger partial charge in [0, 0.05) is 11.8 Å². The molecule has 2 aromatic rings. The Hall–Kier alpha value is -1.53. The Morgan fingerprint density at radius 1 is 1.18 bits per heavy atom. The summed E-state index contributed by atoms with van der Waals surface area (Å²) in [5.74, 6) is 0. The van der Waals surface area contributed by atoms with E-state index in [0.29, 0.717) is 5.69 Å². The number of sulfone groups is 1. The molecule has 0 atom stereocenters. The predicted molar refractivity (Wildman–Crippen MR) is 63.4 cm³/mol. The minimum atomic E-state index is -3.18. The van der Waals surface area contributed by atoms with Crippen LogP contribution < -0.4 is 0 Å². The number of rotatable bonds is 2. The molecule has 0 aliphatic heterocycles. The Morgan fingerprint density at radius 2 is 1.82 bits per heavy atom. The molecule has 0 bridgehead atoms. The molecule has 0 saturated heterocycles. The topological polar surface area (TPSA) is 72.8 Å². The van der Waals surface area contributed by atoms with Crippen molar-refractivity contribution in [1.29, 1.82) is 0 Å². The molecule has 2 rings (SSSR count). The number of aromatic nitrogens is 3. The number of hydrogen-bond acceptors (Lipinski definition) is 5. The van der Waals surface area contributed by atoms with Gasteiger partial charge < -0.3 is 0 Å². The molecule has 7 heteroatoms. The van der Waals surface area contributed by atoms with E-state index in [9.17, 15) is 8.42 Å². The van der Waals surface area contributed by atoms with Crippen LogP contribution in [0.25, 0.3) is 11.3 Å². The molecule has 0 spiro atoms. The molecule has 1 heterocycles. The van der Waals surface area contributed by atoms with Crippen LogP contribution in [0.2, 0.25) is 5.28 Å². The van der Waals surface area contributed by atoms with Crippen molar-refractivity contribution in [2.45, 2.75) is 4.90 Å². The minimum Gasteiger partial charge on any atom is -0.224 e. The summed E-state index contributed by atoms with van der Waals surface area (Å²) in [7, 11) is -3.18. The van der Waals surface area contributed by atoms with Crippen LogP contribution >= 0.6 is 11.6 Å². The summed E-state index contributed by atoms with van der Waals surface area (Å²) in [5, 5.41) is 7.25. The highest BCUT2D eigenvalue weighted by molar-refractivity contribution is 7.90. The van der Waals surface area contributed by atoms with Crippen molar-refractivity contribution >= 4 is 21.4 Å². The van der Waals surface area contributed by atoms with Crippen LogP contribution in [0.5, 0.6) is 0 Å². The van der Waals surface area contributed by atoms with Crippen molar-refractivity contribution in [3.63, 3.8) is 0 Å². The molecule has 17 heavy (non-hydrogen) atoms. The van der Waals surface area contributed by atoms with E-state index >= 15 is 0 Å². The third-order valence-electron chi connectivity index (χ3n) is 2.11. The average molecular weight is 270 g/mol. The van der Waals surface area contributed by atoms with Gasteiger partial charge in [-0.05, 0) is 23.7 Å². The first-order chi connectivity index (χ1) is 7.97. The van der Waals surface area contributed by atoms with Gasteiger partial charge in [0.25, 0.3) is 0 Å². The van der Waals surface area contributed by atoms with Gasteiger partial charge in [-0.2, -0.15) is 5.10 Å². The van der Waals surface area contributed by atoms with Gasteiger partial charge in [0.05, 0.1) is 16.8 Å². The largest absolute Gasteiger partial charge is 0.243 e. The molecule has 0 radical (unpaired) electrons. The van der Waals surface area contributed by atoms with Gasteiger partial charge >= 0.3 is 0 Å². The van der Waals surface area contributed by atoms with Crippen molar-refractivity contribution in [2.24, 2.45) is 0 Å². The quantitative estimate of drug-likeness (QED) is 0.828. The summed E-state index contributed by atoms with van der Waals surface area (Å²) < 4.78 is 22.6. The fraction of sp³-hybridized carbons (Fsp3) is 0.100. The van der Waals surface area contributed by atoms with Crippen LogP contribution in [-0.4, -0.2) is 29.9 Å². The van der Waals surface area contributed by atoms with E-state index in [1.165, 1.54) is 18.3 Å². The first-order valence-corrected chi connectivity index (χ1v) is 6.89. The third-order valence-corrected chi connectivity index (χ3v) is 3.40. The first-order valence-electron chi connectivity index (χ1n) is 4.62. The van der Waals surface area contributed by atoms with Crippen molar-refractivity contribution in [1.82, 2.24) is 15.2 Å². The predicted octanol–water partition coefficient (Wildman–Crippen LogP) is 1.60. The van der Waals surface area contributed by atoms with E-state index in [0.717, 1.165) is 11.8 Å². The Balaban J connectivity index is 2.43. The summed E-state index contributed by atoms with van der Waals surface area (Å²) in [6.07, 6.45) is 2.62. The fourth-order valence-electron chi connectivity index (χ4n) is 1.29. The van der Waals surface area contributed by atoms with Gasteiger partial charge in [-0.1, -0.05) is 12.1 Å². The van der Waals surface area contributed by atoms with E-state index in [4.69, 9.17) is 11.6 Å². The fourth-order valence-corrected chi connectivity index (χ4v) is 2.06. The van der Waals surface area contributed by atoms with Crippen LogP contribution in [0, 0.1) is 0 Å². The van der Waals surface area contributed by atoms with E-state index in [-0.39, 0.29) is 10.2 Å². The summed E-state index contributed by atoms with van der Waals surface area (Å²) in [6, 6.07) is 6.33. The summed E-state index contributed by atoms with van der Waals surface area (Å²) >= 11 is 5.62. The number of nitrogens with zero attached hydrogens (tertiary/aromatic N) is 3. The Bertz CT molecular complexity index is 641. The number of halogens is 1. The van der Waals surface area contributed by atoms with Gasteiger partial charge in [0.1, 0.15) is 0 Å². The average Bonchev–Trinajstić information content (AvgIpc) is 2.28. The monoisotopic (exact) mass is 269 g/mol. The molecule has 0 amide bonds. The van der Waals surface area contributed by atoms with Gasteiger partial charge in [0.15, 0.2) is 9.84 Å². The Morgan fingerprint density at radius 3 is 2.35 bits per heavy atom. The van der Waals surface area contributed by atoms with Crippen molar-refractivity contribution in [3.05, 3.63) is 35.7 Å². The molecule has 0 aliphatic rings. The van der Waals surface area contributed by atoms with Gasteiger partial charge in [0.2, 0.25) is 5.28 Å². The lowest BCUT2D eigenvalue weighted by molar-refractivity contribution is 0.602. The summed E-state index contributed by atoms with van der Waals surface area (Å²) in [6.45, 7) is 0. The molecule has 1 aromatic carbocycles. The van der Waals surface area contributed by atoms with E-state index in [1.807, 2.05) is 0 Å². The SMILES string of the molecule is CS(=O)(=O)c1ccc(-c2cnnc(Cl)n2)cc1. The molecular weight excluding hydrogens is 262 g/mol. The zero-order chi connectivity index (χ0) is 12.5.